The Morgan fingerprint density at radius 3 is 2.58 bits per heavy atom. The average molecular weight is 266 g/mol. The second-order valence-electron chi connectivity index (χ2n) is 4.51. The van der Waals surface area contributed by atoms with Gasteiger partial charge in [0.05, 0.1) is 10.8 Å². The molecule has 0 saturated heterocycles. The number of nitrogens with zero attached hydrogens (tertiary/aromatic N) is 2. The average Bonchev–Trinajstić information content (AvgIpc) is 2.34. The highest BCUT2D eigenvalue weighted by Crippen LogP contribution is 2.24. The number of nitro groups is 1. The molecule has 0 aliphatic carbocycles. The summed E-state index contributed by atoms with van der Waals surface area (Å²) >= 11 is 0. The summed E-state index contributed by atoms with van der Waals surface area (Å²) < 4.78 is 0. The number of carboxylic acids is 1. The maximum absolute atomic E-state index is 10.9. The lowest BCUT2D eigenvalue weighted by molar-refractivity contribution is -0.385. The van der Waals surface area contributed by atoms with Crippen LogP contribution in [0.2, 0.25) is 0 Å². The molecule has 0 aliphatic rings. The SMILES string of the molecule is CCN(CC(C)C(=O)O)c1ccc([N+](=O)[O-])c(C)c1. The summed E-state index contributed by atoms with van der Waals surface area (Å²) in [6.07, 6.45) is 0. The molecule has 1 rings (SSSR count). The topological polar surface area (TPSA) is 83.7 Å². The van der Waals surface area contributed by atoms with Crippen molar-refractivity contribution in [1.82, 2.24) is 0 Å². The maximum atomic E-state index is 10.9. The molecule has 6 heteroatoms. The van der Waals surface area contributed by atoms with Crippen molar-refractivity contribution in [3.05, 3.63) is 33.9 Å². The zero-order valence-electron chi connectivity index (χ0n) is 11.3. The van der Waals surface area contributed by atoms with Gasteiger partial charge in [0.15, 0.2) is 0 Å². The van der Waals surface area contributed by atoms with Gasteiger partial charge >= 0.3 is 5.97 Å². The van der Waals surface area contributed by atoms with Gasteiger partial charge in [-0.1, -0.05) is 6.92 Å². The zero-order valence-corrected chi connectivity index (χ0v) is 11.3. The first-order valence-electron chi connectivity index (χ1n) is 6.09. The second kappa shape index (κ2) is 6.17. The van der Waals surface area contributed by atoms with Gasteiger partial charge in [0.25, 0.3) is 5.69 Å². The third-order valence-electron chi connectivity index (χ3n) is 3.04. The van der Waals surface area contributed by atoms with E-state index in [0.29, 0.717) is 18.7 Å². The summed E-state index contributed by atoms with van der Waals surface area (Å²) in [6.45, 7) is 6.27. The standard InChI is InChI=1S/C13H18N2O4/c1-4-14(8-10(3)13(16)17)11-5-6-12(15(18)19)9(2)7-11/h5-7,10H,4,8H2,1-3H3,(H,16,17). The number of carbonyl (C=O) groups is 1. The number of rotatable bonds is 6. The van der Waals surface area contributed by atoms with Crippen LogP contribution in [0.15, 0.2) is 18.2 Å². The highest BCUT2D eigenvalue weighted by Gasteiger charge is 2.17. The summed E-state index contributed by atoms with van der Waals surface area (Å²) in [5.74, 6) is -1.34. The van der Waals surface area contributed by atoms with Crippen LogP contribution < -0.4 is 4.90 Å². The number of hydrogen-bond acceptors (Lipinski definition) is 4. The number of carboxylic acid groups (broad SMARTS) is 1. The largest absolute Gasteiger partial charge is 0.481 e. The molecule has 19 heavy (non-hydrogen) atoms. The Balaban J connectivity index is 2.96. The number of benzene rings is 1. The lowest BCUT2D eigenvalue weighted by atomic mass is 10.1. The van der Waals surface area contributed by atoms with E-state index in [4.69, 9.17) is 5.11 Å². The van der Waals surface area contributed by atoms with Crippen LogP contribution in [-0.4, -0.2) is 29.1 Å². The highest BCUT2D eigenvalue weighted by atomic mass is 16.6. The Morgan fingerprint density at radius 2 is 2.16 bits per heavy atom. The van der Waals surface area contributed by atoms with E-state index in [1.54, 1.807) is 26.0 Å². The van der Waals surface area contributed by atoms with Crippen LogP contribution >= 0.6 is 0 Å². The Bertz CT molecular complexity index is 488. The molecule has 1 aromatic rings. The van der Waals surface area contributed by atoms with Crippen molar-refractivity contribution in [3.63, 3.8) is 0 Å². The van der Waals surface area contributed by atoms with Gasteiger partial charge in [-0.15, -0.1) is 0 Å². The predicted octanol–water partition coefficient (Wildman–Crippen LogP) is 2.45. The summed E-state index contributed by atoms with van der Waals surface area (Å²) in [6, 6.07) is 4.83. The Labute approximate surface area is 111 Å². The fraction of sp³-hybridized carbons (Fsp3) is 0.462. The number of aryl methyl sites for hydroxylation is 1. The third kappa shape index (κ3) is 3.67. The molecule has 0 heterocycles. The molecule has 0 amide bonds. The van der Waals surface area contributed by atoms with E-state index in [2.05, 4.69) is 0 Å². The fourth-order valence-corrected chi connectivity index (χ4v) is 1.87. The van der Waals surface area contributed by atoms with Crippen LogP contribution in [0, 0.1) is 23.0 Å². The highest BCUT2D eigenvalue weighted by molar-refractivity contribution is 5.70. The van der Waals surface area contributed by atoms with Crippen molar-refractivity contribution >= 4 is 17.3 Å². The van der Waals surface area contributed by atoms with Crippen LogP contribution in [0.1, 0.15) is 19.4 Å². The molecule has 1 atom stereocenters. The van der Waals surface area contributed by atoms with Crippen LogP contribution in [0.3, 0.4) is 0 Å². The van der Waals surface area contributed by atoms with Gasteiger partial charge in [-0.05, 0) is 26.0 Å². The van der Waals surface area contributed by atoms with E-state index < -0.39 is 16.8 Å². The van der Waals surface area contributed by atoms with Gasteiger partial charge in [-0.3, -0.25) is 14.9 Å². The molecule has 1 N–H and O–H groups in total. The number of aliphatic carboxylic acids is 1. The summed E-state index contributed by atoms with van der Waals surface area (Å²) in [7, 11) is 0. The lowest BCUT2D eigenvalue weighted by Crippen LogP contribution is -2.31. The van der Waals surface area contributed by atoms with E-state index in [-0.39, 0.29) is 5.69 Å². The lowest BCUT2D eigenvalue weighted by Gasteiger charge is -2.25. The minimum atomic E-state index is -0.850. The van der Waals surface area contributed by atoms with Gasteiger partial charge in [0.2, 0.25) is 0 Å². The Morgan fingerprint density at radius 1 is 1.53 bits per heavy atom. The van der Waals surface area contributed by atoms with Gasteiger partial charge < -0.3 is 10.0 Å². The molecule has 0 bridgehead atoms. The summed E-state index contributed by atoms with van der Waals surface area (Å²) in [5, 5.41) is 19.7. The van der Waals surface area contributed by atoms with E-state index in [1.165, 1.54) is 6.07 Å². The van der Waals surface area contributed by atoms with Crippen molar-refractivity contribution in [2.45, 2.75) is 20.8 Å². The molecular weight excluding hydrogens is 248 g/mol. The molecule has 1 aromatic carbocycles. The van der Waals surface area contributed by atoms with Crippen molar-refractivity contribution < 1.29 is 14.8 Å². The molecule has 0 spiro atoms. The maximum Gasteiger partial charge on any atom is 0.308 e. The van der Waals surface area contributed by atoms with Crippen LogP contribution in [0.4, 0.5) is 11.4 Å². The van der Waals surface area contributed by atoms with Gasteiger partial charge in [-0.25, -0.2) is 0 Å². The first-order valence-corrected chi connectivity index (χ1v) is 6.09. The van der Waals surface area contributed by atoms with Crippen LogP contribution in [-0.2, 0) is 4.79 Å². The molecule has 1 unspecified atom stereocenters. The zero-order chi connectivity index (χ0) is 14.6. The molecule has 0 saturated carbocycles. The molecular formula is C13H18N2O4. The smallest absolute Gasteiger partial charge is 0.308 e. The van der Waals surface area contributed by atoms with Gasteiger partial charge in [-0.2, -0.15) is 0 Å². The first-order chi connectivity index (χ1) is 8.86. The first kappa shape index (κ1) is 14.9. The summed E-state index contributed by atoms with van der Waals surface area (Å²) in [4.78, 5) is 23.1. The van der Waals surface area contributed by atoms with Crippen molar-refractivity contribution in [2.75, 3.05) is 18.0 Å². The van der Waals surface area contributed by atoms with E-state index in [1.807, 2.05) is 11.8 Å². The fourth-order valence-electron chi connectivity index (χ4n) is 1.87. The van der Waals surface area contributed by atoms with E-state index in [0.717, 1.165) is 5.69 Å². The molecule has 0 fully saturated rings. The second-order valence-corrected chi connectivity index (χ2v) is 4.51. The summed E-state index contributed by atoms with van der Waals surface area (Å²) in [5.41, 5.74) is 1.45. The molecule has 0 aliphatic heterocycles. The number of hydrogen-bond donors (Lipinski definition) is 1. The van der Waals surface area contributed by atoms with Crippen molar-refractivity contribution in [2.24, 2.45) is 5.92 Å². The number of anilines is 1. The monoisotopic (exact) mass is 266 g/mol. The quantitative estimate of drug-likeness (QED) is 0.631. The Hall–Kier alpha value is -2.11. The van der Waals surface area contributed by atoms with Crippen molar-refractivity contribution in [1.29, 1.82) is 0 Å². The van der Waals surface area contributed by atoms with Crippen molar-refractivity contribution in [3.8, 4) is 0 Å². The third-order valence-corrected chi connectivity index (χ3v) is 3.04. The molecule has 0 radical (unpaired) electrons. The molecule has 0 aromatic heterocycles. The number of nitro benzene ring substituents is 1. The van der Waals surface area contributed by atoms with Crippen LogP contribution in [0.25, 0.3) is 0 Å². The van der Waals surface area contributed by atoms with Gasteiger partial charge in [0.1, 0.15) is 0 Å². The van der Waals surface area contributed by atoms with Crippen LogP contribution in [0.5, 0.6) is 0 Å². The predicted molar refractivity (Wildman–Crippen MR) is 72.5 cm³/mol. The minimum Gasteiger partial charge on any atom is -0.481 e. The van der Waals surface area contributed by atoms with E-state index in [9.17, 15) is 14.9 Å². The normalized spacial score (nSPS) is 11.9. The minimum absolute atomic E-state index is 0.0751. The van der Waals surface area contributed by atoms with E-state index >= 15 is 0 Å². The molecule has 104 valence electrons. The van der Waals surface area contributed by atoms with Gasteiger partial charge in [0, 0.05) is 30.4 Å². The Kier molecular flexibility index (Phi) is 4.86. The molecule has 6 nitrogen and oxygen atoms in total.